The van der Waals surface area contributed by atoms with Crippen LogP contribution in [0.4, 0.5) is 0 Å². The van der Waals surface area contributed by atoms with Crippen molar-refractivity contribution in [1.29, 1.82) is 0 Å². The quantitative estimate of drug-likeness (QED) is 0.546. The number of hydrogen-bond donors (Lipinski definition) is 1. The van der Waals surface area contributed by atoms with E-state index in [0.717, 1.165) is 22.4 Å². The molecule has 0 aliphatic carbocycles. The maximum Gasteiger partial charge on any atom is 0.242 e. The molecule has 1 N–H and O–H groups in total. The van der Waals surface area contributed by atoms with E-state index in [1.165, 1.54) is 0 Å². The average Bonchev–Trinajstić information content (AvgIpc) is 2.28. The molecule has 0 heterocycles. The predicted octanol–water partition coefficient (Wildman–Crippen LogP) is 5.93. The summed E-state index contributed by atoms with van der Waals surface area (Å²) in [7, 11) is -1.79. The van der Waals surface area contributed by atoms with Crippen molar-refractivity contribution in [2.45, 2.75) is 78.4 Å². The van der Waals surface area contributed by atoms with Crippen molar-refractivity contribution in [3.05, 3.63) is 35.4 Å². The molecule has 0 bridgehead atoms. The molecule has 130 valence electrons. The summed E-state index contributed by atoms with van der Waals surface area (Å²) in [5.41, 5.74) is 2.92. The lowest BCUT2D eigenvalue weighted by atomic mass is 9.76. The summed E-state index contributed by atoms with van der Waals surface area (Å²) in [6.45, 7) is 23.5. The van der Waals surface area contributed by atoms with Crippen molar-refractivity contribution < 1.29 is 9.53 Å². The van der Waals surface area contributed by atoms with Crippen LogP contribution in [-0.4, -0.2) is 13.4 Å². The lowest BCUT2D eigenvalue weighted by molar-refractivity contribution is 0.440. The van der Waals surface area contributed by atoms with Crippen LogP contribution in [0.2, 0.25) is 19.6 Å². The van der Waals surface area contributed by atoms with Gasteiger partial charge in [-0.2, -0.15) is 0 Å². The van der Waals surface area contributed by atoms with E-state index in [4.69, 9.17) is 4.43 Å². The van der Waals surface area contributed by atoms with E-state index in [2.05, 4.69) is 67.8 Å². The Morgan fingerprint density at radius 3 is 1.96 bits per heavy atom. The van der Waals surface area contributed by atoms with E-state index >= 15 is 0 Å². The van der Waals surface area contributed by atoms with Gasteiger partial charge in [0.15, 0.2) is 0 Å². The van der Waals surface area contributed by atoms with E-state index in [9.17, 15) is 5.11 Å². The zero-order chi connectivity index (χ0) is 18.2. The summed E-state index contributed by atoms with van der Waals surface area (Å²) in [4.78, 5) is 0. The number of aromatic hydroxyl groups is 1. The Kier molecular flexibility index (Phi) is 5.47. The topological polar surface area (TPSA) is 29.5 Å². The number of allylic oxidation sites excluding steroid dienone is 1. The number of hydrogen-bond acceptors (Lipinski definition) is 2. The highest BCUT2D eigenvalue weighted by Gasteiger charge is 2.33. The Morgan fingerprint density at radius 2 is 1.61 bits per heavy atom. The summed E-state index contributed by atoms with van der Waals surface area (Å²) in [5, 5.41) is 10.7. The van der Waals surface area contributed by atoms with Crippen LogP contribution in [0.25, 0.3) is 0 Å². The van der Waals surface area contributed by atoms with Gasteiger partial charge in [0.2, 0.25) is 8.32 Å². The Morgan fingerprint density at radius 1 is 1.09 bits per heavy atom. The van der Waals surface area contributed by atoms with Gasteiger partial charge in [0, 0.05) is 16.7 Å². The minimum absolute atomic E-state index is 0.0980. The van der Waals surface area contributed by atoms with Crippen molar-refractivity contribution in [3.8, 4) is 11.5 Å². The average molecular weight is 335 g/mol. The zero-order valence-corrected chi connectivity index (χ0v) is 17.4. The maximum atomic E-state index is 10.7. The van der Waals surface area contributed by atoms with Gasteiger partial charge in [-0.05, 0) is 43.0 Å². The third kappa shape index (κ3) is 4.87. The number of benzene rings is 1. The molecular weight excluding hydrogens is 300 g/mol. The van der Waals surface area contributed by atoms with Gasteiger partial charge in [0.1, 0.15) is 11.5 Å². The second kappa shape index (κ2) is 6.35. The van der Waals surface area contributed by atoms with Crippen molar-refractivity contribution in [2.24, 2.45) is 0 Å². The fraction of sp³-hybridized carbons (Fsp3) is 0.600. The Bertz CT molecular complexity index is 582. The molecule has 23 heavy (non-hydrogen) atoms. The summed E-state index contributed by atoms with van der Waals surface area (Å²) in [6, 6.07) is 1.89. The Labute approximate surface area is 143 Å². The number of rotatable bonds is 4. The first-order valence-electron chi connectivity index (χ1n) is 8.38. The van der Waals surface area contributed by atoms with E-state index in [-0.39, 0.29) is 10.8 Å². The van der Waals surface area contributed by atoms with Gasteiger partial charge in [-0.1, -0.05) is 47.6 Å². The van der Waals surface area contributed by atoms with Crippen LogP contribution >= 0.6 is 0 Å². The van der Waals surface area contributed by atoms with Crippen LogP contribution in [0.1, 0.15) is 58.2 Å². The highest BCUT2D eigenvalue weighted by molar-refractivity contribution is 6.70. The molecule has 0 atom stereocenters. The normalized spacial score (nSPS) is 13.1. The summed E-state index contributed by atoms with van der Waals surface area (Å²) in [5.74, 6) is 1.32. The van der Waals surface area contributed by atoms with Crippen LogP contribution in [0, 0.1) is 0 Å². The van der Waals surface area contributed by atoms with Gasteiger partial charge in [0.25, 0.3) is 0 Å². The van der Waals surface area contributed by atoms with Crippen LogP contribution in [0.3, 0.4) is 0 Å². The van der Waals surface area contributed by atoms with E-state index in [1.54, 1.807) is 0 Å². The minimum Gasteiger partial charge on any atom is -0.544 e. The molecule has 1 aromatic carbocycles. The monoisotopic (exact) mass is 334 g/mol. The molecule has 0 saturated carbocycles. The molecule has 0 unspecified atom stereocenters. The van der Waals surface area contributed by atoms with Crippen LogP contribution in [0.15, 0.2) is 18.7 Å². The third-order valence-electron chi connectivity index (χ3n) is 3.68. The van der Waals surface area contributed by atoms with Gasteiger partial charge in [-0.25, -0.2) is 0 Å². The second-order valence-electron chi connectivity index (χ2n) is 9.33. The number of phenolic OH excluding ortho intramolecular Hbond substituents is 1. The minimum atomic E-state index is -1.79. The molecule has 0 aliphatic rings. The second-order valence-corrected chi connectivity index (χ2v) is 13.8. The highest BCUT2D eigenvalue weighted by Crippen LogP contribution is 2.46. The lowest BCUT2D eigenvalue weighted by Gasteiger charge is -2.35. The van der Waals surface area contributed by atoms with E-state index < -0.39 is 8.32 Å². The Hall–Kier alpha value is -1.22. The summed E-state index contributed by atoms with van der Waals surface area (Å²) in [6.07, 6.45) is 2.49. The fourth-order valence-electron chi connectivity index (χ4n) is 2.80. The molecule has 0 aromatic heterocycles. The van der Waals surface area contributed by atoms with Gasteiger partial charge in [0.05, 0.1) is 0 Å². The zero-order valence-electron chi connectivity index (χ0n) is 16.4. The fourth-order valence-corrected chi connectivity index (χ4v) is 3.63. The SMILES string of the molecule is C=CCc1c(O)cc(C(C)(C)C)c(O[Si](C)(C)C)c1C(C)(C)C. The largest absolute Gasteiger partial charge is 0.544 e. The molecule has 0 radical (unpaired) electrons. The molecule has 0 spiro atoms. The summed E-state index contributed by atoms with van der Waals surface area (Å²) < 4.78 is 6.55. The standard InChI is InChI=1S/C20H34O2Si/c1-11-12-14-16(21)13-15(19(2,3)4)18(22-23(8,9)10)17(14)20(5,6)7/h11,13,21H,1,12H2,2-10H3. The van der Waals surface area contributed by atoms with Gasteiger partial charge < -0.3 is 9.53 Å². The van der Waals surface area contributed by atoms with Crippen molar-refractivity contribution in [3.63, 3.8) is 0 Å². The molecule has 0 aliphatic heterocycles. The van der Waals surface area contributed by atoms with Crippen molar-refractivity contribution in [1.82, 2.24) is 0 Å². The van der Waals surface area contributed by atoms with Crippen LogP contribution in [0.5, 0.6) is 11.5 Å². The molecule has 1 aromatic rings. The first-order chi connectivity index (χ1) is 10.2. The van der Waals surface area contributed by atoms with E-state index in [1.807, 2.05) is 12.1 Å². The number of phenols is 1. The molecule has 2 nitrogen and oxygen atoms in total. The Balaban J connectivity index is 3.89. The van der Waals surface area contributed by atoms with E-state index in [0.29, 0.717) is 12.2 Å². The van der Waals surface area contributed by atoms with Gasteiger partial charge >= 0.3 is 0 Å². The molecule has 3 heteroatoms. The van der Waals surface area contributed by atoms with Crippen LogP contribution < -0.4 is 4.43 Å². The van der Waals surface area contributed by atoms with Gasteiger partial charge in [-0.15, -0.1) is 6.58 Å². The molecule has 0 fully saturated rings. The smallest absolute Gasteiger partial charge is 0.242 e. The lowest BCUT2D eigenvalue weighted by Crippen LogP contribution is -2.33. The third-order valence-corrected chi connectivity index (χ3v) is 4.49. The molecule has 1 rings (SSSR count). The van der Waals surface area contributed by atoms with Crippen molar-refractivity contribution >= 4 is 8.32 Å². The van der Waals surface area contributed by atoms with Crippen molar-refractivity contribution in [2.75, 3.05) is 0 Å². The molecule has 0 saturated heterocycles. The molecule has 0 amide bonds. The first kappa shape index (κ1) is 19.8. The van der Waals surface area contributed by atoms with Gasteiger partial charge in [-0.3, -0.25) is 0 Å². The first-order valence-corrected chi connectivity index (χ1v) is 11.8. The highest BCUT2D eigenvalue weighted by atomic mass is 28.4. The summed E-state index contributed by atoms with van der Waals surface area (Å²) >= 11 is 0. The van der Waals surface area contributed by atoms with Crippen LogP contribution in [-0.2, 0) is 17.3 Å². The maximum absolute atomic E-state index is 10.7. The molecular formula is C20H34O2Si. The predicted molar refractivity (Wildman–Crippen MR) is 103 cm³/mol.